The number of carbonyl (C=O) groups excluding carboxylic acids is 1. The summed E-state index contributed by atoms with van der Waals surface area (Å²) in [5.74, 6) is 1.67. The van der Waals surface area contributed by atoms with Gasteiger partial charge in [-0.3, -0.25) is 4.79 Å². The van der Waals surface area contributed by atoms with Crippen LogP contribution in [0.2, 0.25) is 0 Å². The number of nitrogens with zero attached hydrogens (tertiary/aromatic N) is 1. The lowest BCUT2D eigenvalue weighted by Gasteiger charge is -2.32. The molecule has 0 aromatic rings. The Balaban J connectivity index is 1.50. The first kappa shape index (κ1) is 11.0. The molecule has 3 aliphatic rings. The number of nitrogens with one attached hydrogen (secondary N) is 1. The van der Waals surface area contributed by atoms with Crippen molar-refractivity contribution < 1.29 is 4.79 Å². The van der Waals surface area contributed by atoms with Crippen LogP contribution in [-0.2, 0) is 4.79 Å². The molecule has 1 amide bonds. The largest absolute Gasteiger partial charge is 0.273 e. The Morgan fingerprint density at radius 3 is 2.88 bits per heavy atom. The number of carbonyl (C=O) groups is 1. The number of fused-ring (bicyclic) bond motifs is 1. The number of amides is 1. The maximum Gasteiger partial charge on any atom is 0.243 e. The van der Waals surface area contributed by atoms with Gasteiger partial charge >= 0.3 is 0 Å². The van der Waals surface area contributed by atoms with E-state index < -0.39 is 0 Å². The summed E-state index contributed by atoms with van der Waals surface area (Å²) >= 11 is 0. The molecule has 0 aromatic heterocycles. The van der Waals surface area contributed by atoms with Crippen molar-refractivity contribution in [2.75, 3.05) is 0 Å². The third-order valence-corrected chi connectivity index (χ3v) is 4.45. The first-order valence-corrected chi connectivity index (χ1v) is 6.87. The zero-order valence-electron chi connectivity index (χ0n) is 10.2. The molecule has 3 heteroatoms. The van der Waals surface area contributed by atoms with Crippen molar-refractivity contribution in [1.29, 1.82) is 0 Å². The number of rotatable bonds is 2. The Bertz CT molecular complexity index is 366. The zero-order chi connectivity index (χ0) is 11.7. The first-order valence-electron chi connectivity index (χ1n) is 6.87. The highest BCUT2D eigenvalue weighted by atomic mass is 16.2. The highest BCUT2D eigenvalue weighted by molar-refractivity contribution is 5.95. The minimum Gasteiger partial charge on any atom is -0.273 e. The molecule has 2 atom stereocenters. The topological polar surface area (TPSA) is 41.5 Å². The smallest absolute Gasteiger partial charge is 0.243 e. The van der Waals surface area contributed by atoms with Gasteiger partial charge in [0.15, 0.2) is 0 Å². The SMILES string of the molecule is O=C(N/N=C1\C[C@H]2C=CC[C@H]12)C1CCCCC1. The summed E-state index contributed by atoms with van der Waals surface area (Å²) in [5.41, 5.74) is 3.99. The van der Waals surface area contributed by atoms with Gasteiger partial charge in [-0.1, -0.05) is 31.4 Å². The molecule has 3 aliphatic carbocycles. The minimum absolute atomic E-state index is 0.145. The van der Waals surface area contributed by atoms with Gasteiger partial charge in [0.1, 0.15) is 0 Å². The van der Waals surface area contributed by atoms with Crippen molar-refractivity contribution in [3.63, 3.8) is 0 Å². The number of allylic oxidation sites excluding steroid dienone is 2. The Labute approximate surface area is 102 Å². The summed E-state index contributed by atoms with van der Waals surface area (Å²) in [4.78, 5) is 11.9. The van der Waals surface area contributed by atoms with Gasteiger partial charge in [-0.05, 0) is 31.6 Å². The highest BCUT2D eigenvalue weighted by Gasteiger charge is 2.38. The van der Waals surface area contributed by atoms with Crippen molar-refractivity contribution in [3.05, 3.63) is 12.2 Å². The molecule has 0 heterocycles. The lowest BCUT2D eigenvalue weighted by Crippen LogP contribution is -2.37. The molecule has 0 bridgehead atoms. The van der Waals surface area contributed by atoms with Crippen LogP contribution in [0.15, 0.2) is 17.3 Å². The molecular weight excluding hydrogens is 212 g/mol. The predicted octanol–water partition coefficient (Wildman–Crippen LogP) is 2.63. The van der Waals surface area contributed by atoms with Gasteiger partial charge in [-0.2, -0.15) is 5.10 Å². The molecule has 0 aromatic carbocycles. The standard InChI is InChI=1S/C14H20N2O/c17-14(10-5-2-1-3-6-10)16-15-13-9-11-7-4-8-12(11)13/h4,7,10-12H,1-3,5-6,8-9H2,(H,16,17)/b15-13+/t11-,12+/m1/s1. The molecule has 0 spiro atoms. The Morgan fingerprint density at radius 2 is 2.12 bits per heavy atom. The van der Waals surface area contributed by atoms with Gasteiger partial charge in [-0.25, -0.2) is 5.43 Å². The number of hydrogen-bond acceptors (Lipinski definition) is 2. The lowest BCUT2D eigenvalue weighted by molar-refractivity contribution is -0.125. The van der Waals surface area contributed by atoms with Gasteiger partial charge in [0, 0.05) is 17.5 Å². The van der Waals surface area contributed by atoms with Crippen LogP contribution in [0.1, 0.15) is 44.9 Å². The van der Waals surface area contributed by atoms with E-state index in [0.717, 1.165) is 25.7 Å². The quantitative estimate of drug-likeness (QED) is 0.577. The molecule has 2 fully saturated rings. The van der Waals surface area contributed by atoms with Gasteiger partial charge in [0.25, 0.3) is 0 Å². The monoisotopic (exact) mass is 232 g/mol. The van der Waals surface area contributed by atoms with E-state index in [1.165, 1.54) is 25.0 Å². The van der Waals surface area contributed by atoms with E-state index in [0.29, 0.717) is 11.8 Å². The fourth-order valence-corrected chi connectivity index (χ4v) is 3.25. The lowest BCUT2D eigenvalue weighted by atomic mass is 9.74. The van der Waals surface area contributed by atoms with Crippen molar-refractivity contribution in [3.8, 4) is 0 Å². The van der Waals surface area contributed by atoms with Crippen molar-refractivity contribution >= 4 is 11.6 Å². The molecule has 3 rings (SSSR count). The van der Waals surface area contributed by atoms with Crippen LogP contribution in [0.3, 0.4) is 0 Å². The molecule has 3 nitrogen and oxygen atoms in total. The summed E-state index contributed by atoms with van der Waals surface area (Å²) in [6.45, 7) is 0. The molecule has 0 aliphatic heterocycles. The van der Waals surface area contributed by atoms with Crippen LogP contribution in [-0.4, -0.2) is 11.6 Å². The Morgan fingerprint density at radius 1 is 1.29 bits per heavy atom. The van der Waals surface area contributed by atoms with Crippen LogP contribution < -0.4 is 5.43 Å². The van der Waals surface area contributed by atoms with Crippen molar-refractivity contribution in [2.24, 2.45) is 22.9 Å². The molecule has 1 N–H and O–H groups in total. The fraction of sp³-hybridized carbons (Fsp3) is 0.714. The molecular formula is C14H20N2O. The second kappa shape index (κ2) is 4.63. The van der Waals surface area contributed by atoms with Crippen molar-refractivity contribution in [1.82, 2.24) is 5.43 Å². The molecule has 0 saturated heterocycles. The second-order valence-corrected chi connectivity index (χ2v) is 5.55. The molecule has 0 unspecified atom stereocenters. The Hall–Kier alpha value is -1.12. The maximum absolute atomic E-state index is 11.9. The molecule has 92 valence electrons. The third kappa shape index (κ3) is 2.15. The van der Waals surface area contributed by atoms with E-state index in [1.807, 2.05) is 0 Å². The first-order chi connectivity index (χ1) is 8.34. The highest BCUT2D eigenvalue weighted by Crippen LogP contribution is 2.40. The summed E-state index contributed by atoms with van der Waals surface area (Å²) in [6, 6.07) is 0. The minimum atomic E-state index is 0.145. The molecule has 0 radical (unpaired) electrons. The molecule has 17 heavy (non-hydrogen) atoms. The van der Waals surface area contributed by atoms with E-state index in [-0.39, 0.29) is 11.8 Å². The van der Waals surface area contributed by atoms with E-state index >= 15 is 0 Å². The maximum atomic E-state index is 11.9. The summed E-state index contributed by atoms with van der Waals surface area (Å²) in [5, 5.41) is 4.32. The normalized spacial score (nSPS) is 34.5. The fourth-order valence-electron chi connectivity index (χ4n) is 3.25. The zero-order valence-corrected chi connectivity index (χ0v) is 10.2. The van der Waals surface area contributed by atoms with E-state index in [2.05, 4.69) is 22.7 Å². The average molecular weight is 232 g/mol. The van der Waals surface area contributed by atoms with Crippen LogP contribution in [0.25, 0.3) is 0 Å². The number of hydrazone groups is 1. The number of hydrogen-bond donors (Lipinski definition) is 1. The van der Waals surface area contributed by atoms with E-state index in [4.69, 9.17) is 0 Å². The van der Waals surface area contributed by atoms with Crippen LogP contribution in [0.5, 0.6) is 0 Å². The van der Waals surface area contributed by atoms with Crippen molar-refractivity contribution in [2.45, 2.75) is 44.9 Å². The van der Waals surface area contributed by atoms with Crippen LogP contribution >= 0.6 is 0 Å². The van der Waals surface area contributed by atoms with Gasteiger partial charge in [0.05, 0.1) is 0 Å². The second-order valence-electron chi connectivity index (χ2n) is 5.55. The summed E-state index contributed by atoms with van der Waals surface area (Å²) in [6.07, 6.45) is 12.5. The summed E-state index contributed by atoms with van der Waals surface area (Å²) < 4.78 is 0. The third-order valence-electron chi connectivity index (χ3n) is 4.45. The van der Waals surface area contributed by atoms with Gasteiger partial charge in [0.2, 0.25) is 5.91 Å². The van der Waals surface area contributed by atoms with Gasteiger partial charge < -0.3 is 0 Å². The van der Waals surface area contributed by atoms with E-state index in [9.17, 15) is 4.79 Å². The average Bonchev–Trinajstić information content (AvgIpc) is 2.72. The molecule has 2 saturated carbocycles. The Kier molecular flexibility index (Phi) is 3.00. The van der Waals surface area contributed by atoms with Crippen LogP contribution in [0, 0.1) is 17.8 Å². The van der Waals surface area contributed by atoms with E-state index in [1.54, 1.807) is 0 Å². The predicted molar refractivity (Wildman–Crippen MR) is 67.5 cm³/mol. The van der Waals surface area contributed by atoms with Gasteiger partial charge in [-0.15, -0.1) is 0 Å². The summed E-state index contributed by atoms with van der Waals surface area (Å²) in [7, 11) is 0. The van der Waals surface area contributed by atoms with Crippen LogP contribution in [0.4, 0.5) is 0 Å².